The molecule has 1 saturated heterocycles. The maximum Gasteiger partial charge on any atom is 0.406 e. The molecule has 2 aliphatic rings. The van der Waals surface area contributed by atoms with Gasteiger partial charge in [-0.25, -0.2) is 0 Å². The summed E-state index contributed by atoms with van der Waals surface area (Å²) in [5.41, 5.74) is 0. The van der Waals surface area contributed by atoms with E-state index in [4.69, 9.17) is 5.11 Å². The first-order chi connectivity index (χ1) is 9.13. The lowest BCUT2D eigenvalue weighted by Crippen LogP contribution is -2.41. The zero-order chi connectivity index (χ0) is 15.2. The zero-order valence-corrected chi connectivity index (χ0v) is 10.4. The topological polar surface area (TPSA) is 74.7 Å². The van der Waals surface area contributed by atoms with Gasteiger partial charge in [0.25, 0.3) is 0 Å². The first-order valence-electron chi connectivity index (χ1n) is 5.96. The summed E-state index contributed by atoms with van der Waals surface area (Å²) in [7, 11) is 0. The second-order valence-electron chi connectivity index (χ2n) is 5.04. The molecule has 1 fully saturated rings. The van der Waals surface area contributed by atoms with Gasteiger partial charge in [-0.3, -0.25) is 19.3 Å². The van der Waals surface area contributed by atoms with Crippen molar-refractivity contribution in [1.82, 2.24) is 4.90 Å². The molecular formula is C12H12F3NO4. The maximum atomic E-state index is 12.4. The van der Waals surface area contributed by atoms with Gasteiger partial charge >= 0.3 is 12.1 Å². The number of halogens is 3. The third-order valence-corrected chi connectivity index (χ3v) is 3.69. The van der Waals surface area contributed by atoms with Crippen molar-refractivity contribution in [3.63, 3.8) is 0 Å². The zero-order valence-electron chi connectivity index (χ0n) is 10.4. The molecule has 0 bridgehead atoms. The molecular weight excluding hydrogens is 279 g/mol. The molecule has 2 amide bonds. The van der Waals surface area contributed by atoms with Gasteiger partial charge in [0.05, 0.1) is 17.8 Å². The fourth-order valence-corrected chi connectivity index (χ4v) is 2.81. The molecule has 0 aromatic heterocycles. The molecule has 110 valence electrons. The number of likely N-dealkylation sites (tertiary alicyclic amines) is 1. The van der Waals surface area contributed by atoms with Crippen molar-refractivity contribution in [2.75, 3.05) is 6.54 Å². The van der Waals surface area contributed by atoms with E-state index in [-0.39, 0.29) is 4.90 Å². The second kappa shape index (κ2) is 4.60. The minimum Gasteiger partial charge on any atom is -0.481 e. The van der Waals surface area contributed by atoms with Crippen LogP contribution in [0.4, 0.5) is 13.2 Å². The molecule has 0 unspecified atom stereocenters. The average molecular weight is 291 g/mol. The van der Waals surface area contributed by atoms with E-state index in [2.05, 4.69) is 0 Å². The molecule has 1 heterocycles. The van der Waals surface area contributed by atoms with E-state index in [0.29, 0.717) is 0 Å². The van der Waals surface area contributed by atoms with Crippen molar-refractivity contribution in [2.24, 2.45) is 23.7 Å². The Bertz CT molecular complexity index is 499. The number of nitrogens with zero attached hydrogens (tertiary/aromatic N) is 1. The van der Waals surface area contributed by atoms with Crippen LogP contribution >= 0.6 is 0 Å². The highest BCUT2D eigenvalue weighted by molar-refractivity contribution is 6.07. The van der Waals surface area contributed by atoms with Gasteiger partial charge in [-0.05, 0) is 5.92 Å². The number of aliphatic carboxylic acids is 1. The van der Waals surface area contributed by atoms with Crippen LogP contribution in [-0.4, -0.2) is 40.5 Å². The fourth-order valence-electron chi connectivity index (χ4n) is 2.81. The summed E-state index contributed by atoms with van der Waals surface area (Å²) >= 11 is 0. The molecule has 2 rings (SSSR count). The lowest BCUT2D eigenvalue weighted by molar-refractivity contribution is -0.167. The van der Waals surface area contributed by atoms with Crippen molar-refractivity contribution in [2.45, 2.75) is 13.1 Å². The minimum absolute atomic E-state index is 0.119. The van der Waals surface area contributed by atoms with E-state index in [1.165, 1.54) is 12.2 Å². The van der Waals surface area contributed by atoms with Gasteiger partial charge in [0.2, 0.25) is 11.8 Å². The first kappa shape index (κ1) is 14.5. The Morgan fingerprint density at radius 2 is 1.90 bits per heavy atom. The highest BCUT2D eigenvalue weighted by Gasteiger charge is 2.56. The van der Waals surface area contributed by atoms with E-state index in [9.17, 15) is 27.6 Å². The van der Waals surface area contributed by atoms with Gasteiger partial charge in [-0.2, -0.15) is 13.2 Å². The van der Waals surface area contributed by atoms with Crippen LogP contribution in [0.2, 0.25) is 0 Å². The third kappa shape index (κ3) is 2.30. The monoisotopic (exact) mass is 291 g/mol. The lowest BCUT2D eigenvalue weighted by atomic mass is 9.72. The Balaban J connectivity index is 2.35. The number of hydrogen-bond donors (Lipinski definition) is 1. The number of rotatable bonds is 2. The van der Waals surface area contributed by atoms with Gasteiger partial charge < -0.3 is 5.11 Å². The normalized spacial score (nSPS) is 33.5. The van der Waals surface area contributed by atoms with E-state index >= 15 is 0 Å². The smallest absolute Gasteiger partial charge is 0.406 e. The van der Waals surface area contributed by atoms with Gasteiger partial charge in [0.1, 0.15) is 6.54 Å². The number of imide groups is 1. The molecule has 0 radical (unpaired) electrons. The highest BCUT2D eigenvalue weighted by Crippen LogP contribution is 2.41. The summed E-state index contributed by atoms with van der Waals surface area (Å²) in [6, 6.07) is 0. The van der Waals surface area contributed by atoms with Crippen LogP contribution in [-0.2, 0) is 14.4 Å². The minimum atomic E-state index is -4.70. The summed E-state index contributed by atoms with van der Waals surface area (Å²) in [6.07, 6.45) is -1.90. The molecule has 20 heavy (non-hydrogen) atoms. The molecule has 0 aromatic rings. The predicted octanol–water partition coefficient (Wildman–Crippen LogP) is 1.06. The molecule has 4 atom stereocenters. The van der Waals surface area contributed by atoms with Crippen LogP contribution in [0.15, 0.2) is 12.2 Å². The van der Waals surface area contributed by atoms with Crippen LogP contribution in [0.1, 0.15) is 6.92 Å². The number of carboxylic acid groups (broad SMARTS) is 1. The van der Waals surface area contributed by atoms with Crippen molar-refractivity contribution in [1.29, 1.82) is 0 Å². The number of hydrogen-bond acceptors (Lipinski definition) is 3. The maximum absolute atomic E-state index is 12.4. The molecule has 1 N–H and O–H groups in total. The van der Waals surface area contributed by atoms with Gasteiger partial charge in [0, 0.05) is 0 Å². The summed E-state index contributed by atoms with van der Waals surface area (Å²) in [4.78, 5) is 35.2. The Morgan fingerprint density at radius 1 is 1.30 bits per heavy atom. The molecule has 0 saturated carbocycles. The molecule has 5 nitrogen and oxygen atoms in total. The summed E-state index contributed by atoms with van der Waals surface area (Å²) < 4.78 is 37.2. The number of amides is 2. The molecule has 1 aliphatic heterocycles. The highest BCUT2D eigenvalue weighted by atomic mass is 19.4. The van der Waals surface area contributed by atoms with E-state index < -0.39 is 54.2 Å². The number of carboxylic acids is 1. The molecule has 8 heteroatoms. The summed E-state index contributed by atoms with van der Waals surface area (Å²) in [6.45, 7) is -0.123. The fraction of sp³-hybridized carbons (Fsp3) is 0.583. The van der Waals surface area contributed by atoms with Crippen LogP contribution in [0.5, 0.6) is 0 Å². The SMILES string of the molecule is C[C@@H]1C=C[C@@H]2C(=O)N(CC(F)(F)F)C(=O)[C@@H]2[C@H]1C(=O)O. The number of fused-ring (bicyclic) bond motifs is 1. The second-order valence-corrected chi connectivity index (χ2v) is 5.04. The average Bonchev–Trinajstić information content (AvgIpc) is 2.52. The lowest BCUT2D eigenvalue weighted by Gasteiger charge is -2.28. The molecule has 0 spiro atoms. The van der Waals surface area contributed by atoms with E-state index in [1.807, 2.05) is 0 Å². The van der Waals surface area contributed by atoms with Crippen molar-refractivity contribution >= 4 is 17.8 Å². The van der Waals surface area contributed by atoms with E-state index in [1.54, 1.807) is 6.92 Å². The van der Waals surface area contributed by atoms with E-state index in [0.717, 1.165) is 0 Å². The van der Waals surface area contributed by atoms with Crippen LogP contribution in [0, 0.1) is 23.7 Å². The number of allylic oxidation sites excluding steroid dienone is 1. The molecule has 1 aliphatic carbocycles. The number of alkyl halides is 3. The third-order valence-electron chi connectivity index (χ3n) is 3.69. The predicted molar refractivity (Wildman–Crippen MR) is 59.2 cm³/mol. The van der Waals surface area contributed by atoms with Gasteiger partial charge in [-0.1, -0.05) is 19.1 Å². The van der Waals surface area contributed by atoms with Crippen LogP contribution in [0.3, 0.4) is 0 Å². The summed E-state index contributed by atoms with van der Waals surface area (Å²) in [5, 5.41) is 9.14. The number of carbonyl (C=O) groups is 3. The Kier molecular flexibility index (Phi) is 3.35. The van der Waals surface area contributed by atoms with Gasteiger partial charge in [-0.15, -0.1) is 0 Å². The van der Waals surface area contributed by atoms with Crippen molar-refractivity contribution in [3.8, 4) is 0 Å². The Labute approximate surface area is 112 Å². The quantitative estimate of drug-likeness (QED) is 0.609. The van der Waals surface area contributed by atoms with Crippen molar-refractivity contribution in [3.05, 3.63) is 12.2 Å². The Morgan fingerprint density at radius 3 is 2.40 bits per heavy atom. The molecule has 0 aromatic carbocycles. The standard InChI is InChI=1S/C12H12F3NO4/c1-5-2-3-6-8(7(5)11(19)20)10(18)16(9(6)17)4-12(13,14)15/h2-3,5-8H,4H2,1H3,(H,19,20)/t5-,6+,7+,8+/m1/s1. The Hall–Kier alpha value is -1.86. The largest absolute Gasteiger partial charge is 0.481 e. The van der Waals surface area contributed by atoms with Crippen molar-refractivity contribution < 1.29 is 32.7 Å². The van der Waals surface area contributed by atoms with Crippen LogP contribution in [0.25, 0.3) is 0 Å². The van der Waals surface area contributed by atoms with Gasteiger partial charge in [0.15, 0.2) is 0 Å². The number of carbonyl (C=O) groups excluding carboxylic acids is 2. The first-order valence-corrected chi connectivity index (χ1v) is 5.96. The summed E-state index contributed by atoms with van der Waals surface area (Å²) in [5.74, 6) is -7.37. The van der Waals surface area contributed by atoms with Crippen LogP contribution < -0.4 is 0 Å².